The molecule has 0 aliphatic rings. The molecule has 1 atom stereocenters. The molecule has 0 saturated carbocycles. The van der Waals surface area contributed by atoms with Crippen LogP contribution in [0.25, 0.3) is 0 Å². The number of nitrogens with two attached hydrogens (primary N) is 1. The van der Waals surface area contributed by atoms with Crippen molar-refractivity contribution in [3.05, 3.63) is 23.8 Å². The third kappa shape index (κ3) is 4.64. The summed E-state index contributed by atoms with van der Waals surface area (Å²) in [5, 5.41) is 2.58. The Morgan fingerprint density at radius 3 is 2.67 bits per heavy atom. The van der Waals surface area contributed by atoms with E-state index in [2.05, 4.69) is 5.32 Å². The standard InChI is InChI=1S/C14H20N2O5/c1-9(13(17)16-7-8-19-2)21-14(18)10-5-4-6-11(15)12(10)20-3/h4-6,9H,7-8,15H2,1-3H3,(H,16,17). The maximum atomic E-state index is 12.1. The van der Waals surface area contributed by atoms with E-state index in [9.17, 15) is 9.59 Å². The van der Waals surface area contributed by atoms with Crippen molar-refractivity contribution < 1.29 is 23.8 Å². The molecular formula is C14H20N2O5. The van der Waals surface area contributed by atoms with Gasteiger partial charge in [0.2, 0.25) is 0 Å². The summed E-state index contributed by atoms with van der Waals surface area (Å²) in [5.41, 5.74) is 6.21. The lowest BCUT2D eigenvalue weighted by Gasteiger charge is -2.15. The van der Waals surface area contributed by atoms with Gasteiger partial charge < -0.3 is 25.3 Å². The van der Waals surface area contributed by atoms with Gasteiger partial charge in [-0.05, 0) is 19.1 Å². The molecule has 0 heterocycles. The second kappa shape index (κ2) is 8.11. The minimum absolute atomic E-state index is 0.175. The molecule has 0 bridgehead atoms. The molecule has 1 unspecified atom stereocenters. The van der Waals surface area contributed by atoms with Gasteiger partial charge in [-0.3, -0.25) is 4.79 Å². The molecule has 1 aromatic rings. The molecule has 1 amide bonds. The highest BCUT2D eigenvalue weighted by molar-refractivity contribution is 5.96. The largest absolute Gasteiger partial charge is 0.494 e. The Labute approximate surface area is 123 Å². The van der Waals surface area contributed by atoms with E-state index in [0.717, 1.165) is 0 Å². The van der Waals surface area contributed by atoms with Crippen molar-refractivity contribution in [2.24, 2.45) is 0 Å². The fourth-order valence-corrected chi connectivity index (χ4v) is 1.64. The summed E-state index contributed by atoms with van der Waals surface area (Å²) >= 11 is 0. The fourth-order valence-electron chi connectivity index (χ4n) is 1.64. The van der Waals surface area contributed by atoms with Crippen LogP contribution in [0.2, 0.25) is 0 Å². The molecule has 1 aromatic carbocycles. The molecule has 0 saturated heterocycles. The predicted molar refractivity (Wildman–Crippen MR) is 77.2 cm³/mol. The molecule has 3 N–H and O–H groups in total. The molecular weight excluding hydrogens is 276 g/mol. The van der Waals surface area contributed by atoms with Crippen LogP contribution in [-0.4, -0.2) is 45.4 Å². The number of rotatable bonds is 7. The molecule has 0 aromatic heterocycles. The highest BCUT2D eigenvalue weighted by Gasteiger charge is 2.21. The topological polar surface area (TPSA) is 99.9 Å². The normalized spacial score (nSPS) is 11.6. The number of esters is 1. The van der Waals surface area contributed by atoms with Crippen LogP contribution in [0.5, 0.6) is 5.75 Å². The first-order chi connectivity index (χ1) is 10.0. The third-order valence-electron chi connectivity index (χ3n) is 2.73. The number of nitrogen functional groups attached to an aromatic ring is 1. The van der Waals surface area contributed by atoms with E-state index < -0.39 is 18.0 Å². The molecule has 21 heavy (non-hydrogen) atoms. The minimum atomic E-state index is -0.930. The highest BCUT2D eigenvalue weighted by Crippen LogP contribution is 2.26. The van der Waals surface area contributed by atoms with Crippen LogP contribution in [0.4, 0.5) is 5.69 Å². The van der Waals surface area contributed by atoms with Crippen LogP contribution >= 0.6 is 0 Å². The smallest absolute Gasteiger partial charge is 0.342 e. The van der Waals surface area contributed by atoms with Gasteiger partial charge in [0.05, 0.1) is 19.4 Å². The maximum absolute atomic E-state index is 12.1. The van der Waals surface area contributed by atoms with Crippen LogP contribution in [-0.2, 0) is 14.3 Å². The van der Waals surface area contributed by atoms with Gasteiger partial charge in [-0.2, -0.15) is 0 Å². The zero-order chi connectivity index (χ0) is 15.8. The molecule has 1 rings (SSSR count). The third-order valence-corrected chi connectivity index (χ3v) is 2.73. The van der Waals surface area contributed by atoms with E-state index in [-0.39, 0.29) is 11.3 Å². The Kier molecular flexibility index (Phi) is 6.48. The van der Waals surface area contributed by atoms with Gasteiger partial charge in [0.15, 0.2) is 11.9 Å². The predicted octanol–water partition coefficient (Wildman–Crippen LogP) is 0.585. The monoisotopic (exact) mass is 296 g/mol. The summed E-state index contributed by atoms with van der Waals surface area (Å²) < 4.78 is 15.0. The number of carbonyl (C=O) groups excluding carboxylic acids is 2. The average Bonchev–Trinajstić information content (AvgIpc) is 2.46. The van der Waals surface area contributed by atoms with Gasteiger partial charge in [-0.1, -0.05) is 6.07 Å². The van der Waals surface area contributed by atoms with E-state index in [4.69, 9.17) is 19.9 Å². The number of anilines is 1. The Morgan fingerprint density at radius 1 is 1.33 bits per heavy atom. The van der Waals surface area contributed by atoms with Gasteiger partial charge in [0.1, 0.15) is 5.56 Å². The number of ether oxygens (including phenoxy) is 3. The van der Waals surface area contributed by atoms with Crippen molar-refractivity contribution in [3.8, 4) is 5.75 Å². The summed E-state index contributed by atoms with van der Waals surface area (Å²) in [6.07, 6.45) is -0.930. The summed E-state index contributed by atoms with van der Waals surface area (Å²) in [6, 6.07) is 4.74. The zero-order valence-electron chi connectivity index (χ0n) is 12.3. The number of amides is 1. The molecule has 7 nitrogen and oxygen atoms in total. The average molecular weight is 296 g/mol. The van der Waals surface area contributed by atoms with Crippen molar-refractivity contribution in [3.63, 3.8) is 0 Å². The molecule has 0 fully saturated rings. The van der Waals surface area contributed by atoms with E-state index >= 15 is 0 Å². The van der Waals surface area contributed by atoms with Crippen LogP contribution in [0, 0.1) is 0 Å². The van der Waals surface area contributed by atoms with Gasteiger partial charge >= 0.3 is 5.97 Å². The van der Waals surface area contributed by atoms with E-state index in [1.165, 1.54) is 27.2 Å². The number of hydrogen-bond acceptors (Lipinski definition) is 6. The Balaban J connectivity index is 2.68. The lowest BCUT2D eigenvalue weighted by Crippen LogP contribution is -2.37. The van der Waals surface area contributed by atoms with Crippen LogP contribution in [0.3, 0.4) is 0 Å². The zero-order valence-corrected chi connectivity index (χ0v) is 12.3. The van der Waals surface area contributed by atoms with E-state index in [0.29, 0.717) is 18.8 Å². The van der Waals surface area contributed by atoms with Crippen molar-refractivity contribution in [1.29, 1.82) is 0 Å². The summed E-state index contributed by atoms with van der Waals surface area (Å²) in [5.74, 6) is -0.841. The summed E-state index contributed by atoms with van der Waals surface area (Å²) in [7, 11) is 2.94. The number of benzene rings is 1. The Morgan fingerprint density at radius 2 is 2.05 bits per heavy atom. The van der Waals surface area contributed by atoms with Crippen molar-refractivity contribution in [2.75, 3.05) is 33.1 Å². The lowest BCUT2D eigenvalue weighted by atomic mass is 10.1. The lowest BCUT2D eigenvalue weighted by molar-refractivity contribution is -0.129. The molecule has 0 radical (unpaired) electrons. The first-order valence-corrected chi connectivity index (χ1v) is 6.41. The van der Waals surface area contributed by atoms with Gasteiger partial charge in [0.25, 0.3) is 5.91 Å². The summed E-state index contributed by atoms with van der Waals surface area (Å²) in [6.45, 7) is 2.22. The number of nitrogens with one attached hydrogen (secondary N) is 1. The van der Waals surface area contributed by atoms with E-state index in [1.54, 1.807) is 12.1 Å². The quantitative estimate of drug-likeness (QED) is 0.434. The molecule has 116 valence electrons. The Hall–Kier alpha value is -2.28. The second-order valence-corrected chi connectivity index (χ2v) is 4.26. The number of para-hydroxylation sites is 1. The van der Waals surface area contributed by atoms with Crippen molar-refractivity contribution in [2.45, 2.75) is 13.0 Å². The molecule has 7 heteroatoms. The van der Waals surface area contributed by atoms with Gasteiger partial charge in [-0.25, -0.2) is 4.79 Å². The number of carbonyl (C=O) groups is 2. The second-order valence-electron chi connectivity index (χ2n) is 4.26. The van der Waals surface area contributed by atoms with Crippen molar-refractivity contribution >= 4 is 17.6 Å². The highest BCUT2D eigenvalue weighted by atomic mass is 16.5. The first-order valence-electron chi connectivity index (χ1n) is 6.41. The maximum Gasteiger partial charge on any atom is 0.342 e. The van der Waals surface area contributed by atoms with Crippen LogP contribution in [0.15, 0.2) is 18.2 Å². The van der Waals surface area contributed by atoms with Gasteiger partial charge in [0, 0.05) is 13.7 Å². The fraction of sp³-hybridized carbons (Fsp3) is 0.429. The van der Waals surface area contributed by atoms with Gasteiger partial charge in [-0.15, -0.1) is 0 Å². The van der Waals surface area contributed by atoms with Crippen LogP contribution in [0.1, 0.15) is 17.3 Å². The Bertz CT molecular complexity index is 504. The minimum Gasteiger partial charge on any atom is -0.494 e. The molecule has 0 spiro atoms. The molecule has 0 aliphatic carbocycles. The first kappa shape index (κ1) is 16.8. The van der Waals surface area contributed by atoms with Crippen molar-refractivity contribution in [1.82, 2.24) is 5.32 Å². The van der Waals surface area contributed by atoms with Crippen LogP contribution < -0.4 is 15.8 Å². The SMILES string of the molecule is COCCNC(=O)C(C)OC(=O)c1cccc(N)c1OC. The van der Waals surface area contributed by atoms with E-state index in [1.807, 2.05) is 0 Å². The summed E-state index contributed by atoms with van der Waals surface area (Å²) in [4.78, 5) is 23.8. The number of methoxy groups -OCH3 is 2. The molecule has 0 aliphatic heterocycles. The number of hydrogen-bond donors (Lipinski definition) is 2.